The van der Waals surface area contributed by atoms with Gasteiger partial charge in [-0.2, -0.15) is 4.98 Å². The molecule has 0 amide bonds. The van der Waals surface area contributed by atoms with E-state index in [1.54, 1.807) is 0 Å². The normalized spacial score (nSPS) is 12.2. The molecule has 0 atom stereocenters. The highest BCUT2D eigenvalue weighted by molar-refractivity contribution is 7.89. The Labute approximate surface area is 124 Å². The summed E-state index contributed by atoms with van der Waals surface area (Å²) >= 11 is 5.97. The van der Waals surface area contributed by atoms with Gasteiger partial charge in [0, 0.05) is 20.6 Å². The second-order valence-electron chi connectivity index (χ2n) is 4.63. The van der Waals surface area contributed by atoms with E-state index in [4.69, 9.17) is 16.7 Å². The predicted molar refractivity (Wildman–Crippen MR) is 77.8 cm³/mol. The van der Waals surface area contributed by atoms with Crippen molar-refractivity contribution in [3.8, 4) is 0 Å². The van der Waals surface area contributed by atoms with E-state index in [0.29, 0.717) is 0 Å². The zero-order valence-corrected chi connectivity index (χ0v) is 13.0. The number of hydrogen-bond acceptors (Lipinski definition) is 5. The van der Waals surface area contributed by atoms with Crippen molar-refractivity contribution < 1.29 is 8.42 Å². The van der Waals surface area contributed by atoms with Gasteiger partial charge in [0.1, 0.15) is 0 Å². The first-order valence-electron chi connectivity index (χ1n) is 5.95. The summed E-state index contributed by atoms with van der Waals surface area (Å²) in [6.07, 6.45) is 0.177. The highest BCUT2D eigenvalue weighted by Crippen LogP contribution is 2.16. The average molecular weight is 336 g/mol. The Balaban J connectivity index is 2.58. The van der Waals surface area contributed by atoms with E-state index in [1.807, 2.05) is 0 Å². The van der Waals surface area contributed by atoms with Crippen LogP contribution in [-0.4, -0.2) is 32.9 Å². The SMILES string of the molecule is Cn1c(=O)c2c(nc(Cl)n2CCCS(N)(=O)=O)n(C)c1=O. The third-order valence-corrected chi connectivity index (χ3v) is 4.26. The second-order valence-corrected chi connectivity index (χ2v) is 6.70. The van der Waals surface area contributed by atoms with Crippen LogP contribution in [0.15, 0.2) is 9.59 Å². The van der Waals surface area contributed by atoms with Crippen molar-refractivity contribution >= 4 is 32.8 Å². The van der Waals surface area contributed by atoms with Crippen molar-refractivity contribution in [1.82, 2.24) is 18.7 Å². The number of aromatic nitrogens is 4. The van der Waals surface area contributed by atoms with Crippen molar-refractivity contribution in [2.75, 3.05) is 5.75 Å². The summed E-state index contributed by atoms with van der Waals surface area (Å²) in [5.41, 5.74) is -0.746. The van der Waals surface area contributed by atoms with Crippen LogP contribution in [0, 0.1) is 0 Å². The Hall–Kier alpha value is -1.65. The van der Waals surface area contributed by atoms with E-state index < -0.39 is 21.3 Å². The fourth-order valence-corrected chi connectivity index (χ4v) is 2.83. The van der Waals surface area contributed by atoms with Crippen LogP contribution in [0.3, 0.4) is 0 Å². The molecule has 2 heterocycles. The molecule has 0 fully saturated rings. The monoisotopic (exact) mass is 335 g/mol. The number of nitrogens with zero attached hydrogens (tertiary/aromatic N) is 4. The maximum absolute atomic E-state index is 12.2. The molecule has 0 saturated heterocycles. The van der Waals surface area contributed by atoms with Crippen molar-refractivity contribution in [3.63, 3.8) is 0 Å². The molecule has 0 unspecified atom stereocenters. The van der Waals surface area contributed by atoms with Gasteiger partial charge in [0.15, 0.2) is 11.2 Å². The van der Waals surface area contributed by atoms with Crippen molar-refractivity contribution in [1.29, 1.82) is 0 Å². The summed E-state index contributed by atoms with van der Waals surface area (Å²) in [6.45, 7) is 0.152. The van der Waals surface area contributed by atoms with Gasteiger partial charge in [-0.15, -0.1) is 0 Å². The standard InChI is InChI=1S/C10H14ClN5O4S/c1-14-7-6(8(17)15(2)10(14)18)16(9(11)13-7)4-3-5-21(12,19)20/h3-5H2,1-2H3,(H2,12,19,20). The average Bonchev–Trinajstić information content (AvgIpc) is 2.70. The molecule has 2 aromatic heterocycles. The first-order chi connectivity index (χ1) is 9.63. The number of halogens is 1. The van der Waals surface area contributed by atoms with Gasteiger partial charge in [-0.05, 0) is 18.0 Å². The lowest BCUT2D eigenvalue weighted by Gasteiger charge is -2.06. The largest absolute Gasteiger partial charge is 0.332 e. The number of imidazole rings is 1. The van der Waals surface area contributed by atoms with E-state index in [9.17, 15) is 18.0 Å². The highest BCUT2D eigenvalue weighted by Gasteiger charge is 2.18. The van der Waals surface area contributed by atoms with E-state index >= 15 is 0 Å². The van der Waals surface area contributed by atoms with E-state index in [2.05, 4.69) is 4.98 Å². The van der Waals surface area contributed by atoms with Gasteiger partial charge in [0.2, 0.25) is 15.3 Å². The molecule has 0 radical (unpaired) electrons. The minimum atomic E-state index is -3.59. The smallest absolute Gasteiger partial charge is 0.309 e. The number of sulfonamides is 1. The zero-order chi connectivity index (χ0) is 15.9. The van der Waals surface area contributed by atoms with Gasteiger partial charge in [-0.1, -0.05) is 0 Å². The molecule has 116 valence electrons. The number of nitrogens with two attached hydrogens (primary N) is 1. The van der Waals surface area contributed by atoms with Crippen LogP contribution in [0.25, 0.3) is 11.2 Å². The molecule has 2 aromatic rings. The van der Waals surface area contributed by atoms with Gasteiger partial charge < -0.3 is 4.57 Å². The maximum Gasteiger partial charge on any atom is 0.332 e. The number of rotatable bonds is 4. The summed E-state index contributed by atoms with van der Waals surface area (Å²) in [7, 11) is -0.771. The van der Waals surface area contributed by atoms with Gasteiger partial charge in [-0.25, -0.2) is 18.4 Å². The number of hydrogen-bond donors (Lipinski definition) is 1. The quantitative estimate of drug-likeness (QED) is 0.701. The molecule has 0 aromatic carbocycles. The van der Waals surface area contributed by atoms with E-state index in [-0.39, 0.29) is 35.2 Å². The molecule has 21 heavy (non-hydrogen) atoms. The fourth-order valence-electron chi connectivity index (χ4n) is 2.05. The van der Waals surface area contributed by atoms with Crippen LogP contribution in [0.4, 0.5) is 0 Å². The van der Waals surface area contributed by atoms with Crippen molar-refractivity contribution in [3.05, 3.63) is 26.1 Å². The third-order valence-electron chi connectivity index (χ3n) is 3.11. The highest BCUT2D eigenvalue weighted by atomic mass is 35.5. The summed E-state index contributed by atoms with van der Waals surface area (Å²) in [5, 5.41) is 4.94. The Morgan fingerprint density at radius 2 is 1.86 bits per heavy atom. The first-order valence-corrected chi connectivity index (χ1v) is 8.05. The lowest BCUT2D eigenvalue weighted by molar-refractivity contribution is 0.589. The van der Waals surface area contributed by atoms with Crippen molar-refractivity contribution in [2.45, 2.75) is 13.0 Å². The van der Waals surface area contributed by atoms with Crippen LogP contribution in [-0.2, 0) is 30.7 Å². The molecule has 0 aliphatic heterocycles. The molecular weight excluding hydrogens is 322 g/mol. The summed E-state index contributed by atoms with van der Waals surface area (Å²) in [6, 6.07) is 0. The molecule has 0 aliphatic carbocycles. The van der Waals surface area contributed by atoms with Crippen molar-refractivity contribution in [2.24, 2.45) is 19.2 Å². The molecule has 2 rings (SSSR count). The topological polar surface area (TPSA) is 122 Å². The van der Waals surface area contributed by atoms with Gasteiger partial charge >= 0.3 is 5.69 Å². The molecule has 9 nitrogen and oxygen atoms in total. The van der Waals surface area contributed by atoms with Crippen LogP contribution >= 0.6 is 11.6 Å². The molecule has 2 N–H and O–H groups in total. The van der Waals surface area contributed by atoms with Gasteiger partial charge in [-0.3, -0.25) is 13.9 Å². The minimum absolute atomic E-state index is 0.0118. The number of aryl methyl sites for hydroxylation is 2. The van der Waals surface area contributed by atoms with Crippen LogP contribution in [0.2, 0.25) is 5.28 Å². The van der Waals surface area contributed by atoms with E-state index in [0.717, 1.165) is 4.57 Å². The number of fused-ring (bicyclic) bond motifs is 1. The molecule has 0 bridgehead atoms. The van der Waals surface area contributed by atoms with Crippen LogP contribution < -0.4 is 16.4 Å². The second kappa shape index (κ2) is 5.28. The summed E-state index contributed by atoms with van der Waals surface area (Å²) in [5.74, 6) is -0.241. The first kappa shape index (κ1) is 15.7. The Kier molecular flexibility index (Phi) is 3.95. The molecular formula is C10H14ClN5O4S. The predicted octanol–water partition coefficient (Wildman–Crippen LogP) is -1.23. The van der Waals surface area contributed by atoms with Crippen LogP contribution in [0.5, 0.6) is 0 Å². The zero-order valence-electron chi connectivity index (χ0n) is 11.4. The summed E-state index contributed by atoms with van der Waals surface area (Å²) in [4.78, 5) is 28.0. The Morgan fingerprint density at radius 1 is 1.24 bits per heavy atom. The Bertz CT molecular complexity index is 924. The molecule has 0 aliphatic rings. The summed E-state index contributed by atoms with van der Waals surface area (Å²) < 4.78 is 25.4. The lowest BCUT2D eigenvalue weighted by Crippen LogP contribution is -2.37. The Morgan fingerprint density at radius 3 is 2.43 bits per heavy atom. The third kappa shape index (κ3) is 2.87. The van der Waals surface area contributed by atoms with Gasteiger partial charge in [0.05, 0.1) is 5.75 Å². The van der Waals surface area contributed by atoms with Gasteiger partial charge in [0.25, 0.3) is 5.56 Å². The molecule has 0 saturated carbocycles. The lowest BCUT2D eigenvalue weighted by atomic mass is 10.4. The van der Waals surface area contributed by atoms with E-state index in [1.165, 1.54) is 23.2 Å². The minimum Gasteiger partial charge on any atom is -0.309 e. The molecule has 0 spiro atoms. The maximum atomic E-state index is 12.2. The fraction of sp³-hybridized carbons (Fsp3) is 0.500. The molecule has 11 heteroatoms. The van der Waals surface area contributed by atoms with Crippen LogP contribution in [0.1, 0.15) is 6.42 Å². The number of primary sulfonamides is 1.